The van der Waals surface area contributed by atoms with E-state index in [9.17, 15) is 4.79 Å². The number of dihydropyridines is 1. The van der Waals surface area contributed by atoms with E-state index in [2.05, 4.69) is 15.6 Å². The molecule has 1 atom stereocenters. The molecule has 1 aliphatic rings. The van der Waals surface area contributed by atoms with E-state index in [4.69, 9.17) is 17.3 Å². The van der Waals surface area contributed by atoms with E-state index in [1.807, 2.05) is 0 Å². The van der Waals surface area contributed by atoms with Crippen molar-refractivity contribution in [3.63, 3.8) is 0 Å². The molecule has 0 aliphatic carbocycles. The number of carbonyl (C=O) groups excluding carboxylic acids is 1. The Hall–Kier alpha value is -1.85. The molecule has 0 fully saturated rings. The Morgan fingerprint density at radius 2 is 2.29 bits per heavy atom. The number of carbonyl (C=O) groups is 1. The van der Waals surface area contributed by atoms with Crippen LogP contribution in [0.2, 0.25) is 5.02 Å². The zero-order chi connectivity index (χ0) is 12.3. The van der Waals surface area contributed by atoms with Crippen LogP contribution in [0.3, 0.4) is 0 Å². The van der Waals surface area contributed by atoms with Crippen molar-refractivity contribution in [1.82, 2.24) is 10.3 Å². The number of hydrogen-bond acceptors (Lipinski definition) is 4. The highest BCUT2D eigenvalue weighted by Gasteiger charge is 2.31. The molecule has 17 heavy (non-hydrogen) atoms. The monoisotopic (exact) mass is 250 g/mol. The van der Waals surface area contributed by atoms with Crippen LogP contribution in [0.25, 0.3) is 0 Å². The number of halogens is 1. The van der Waals surface area contributed by atoms with Crippen LogP contribution in [0.5, 0.6) is 0 Å². The molecular formula is C11H11ClN4O. The number of nitrogens with zero attached hydrogens (tertiary/aromatic N) is 1. The molecule has 5 nitrogen and oxygen atoms in total. The van der Waals surface area contributed by atoms with Crippen LogP contribution in [0.4, 0.5) is 5.82 Å². The van der Waals surface area contributed by atoms with Crippen molar-refractivity contribution in [3.8, 4) is 0 Å². The predicted octanol–water partition coefficient (Wildman–Crippen LogP) is 1.00. The van der Waals surface area contributed by atoms with Gasteiger partial charge in [0.1, 0.15) is 5.82 Å². The van der Waals surface area contributed by atoms with E-state index in [1.54, 1.807) is 36.6 Å². The first-order chi connectivity index (χ1) is 8.10. The third-order valence-electron chi connectivity index (χ3n) is 2.23. The average Bonchev–Trinajstić information content (AvgIpc) is 2.33. The van der Waals surface area contributed by atoms with Crippen LogP contribution in [-0.4, -0.2) is 16.6 Å². The minimum atomic E-state index is -1.25. The molecule has 0 aromatic carbocycles. The molecule has 0 radical (unpaired) electrons. The number of nitrogens with two attached hydrogens (primary N) is 1. The molecule has 4 N–H and O–H groups in total. The number of rotatable bonds is 2. The minimum absolute atomic E-state index is 0.395. The molecule has 1 aliphatic heterocycles. The number of aromatic nitrogens is 1. The van der Waals surface area contributed by atoms with Gasteiger partial charge < -0.3 is 10.6 Å². The summed E-state index contributed by atoms with van der Waals surface area (Å²) in [6, 6.07) is 3.24. The third kappa shape index (κ3) is 2.64. The van der Waals surface area contributed by atoms with Crippen molar-refractivity contribution >= 4 is 23.3 Å². The molecule has 0 spiro atoms. The van der Waals surface area contributed by atoms with Crippen LogP contribution >= 0.6 is 11.6 Å². The lowest BCUT2D eigenvalue weighted by Gasteiger charge is -2.26. The number of hydrogen-bond donors (Lipinski definition) is 3. The predicted molar refractivity (Wildman–Crippen MR) is 66.2 cm³/mol. The van der Waals surface area contributed by atoms with E-state index < -0.39 is 11.6 Å². The van der Waals surface area contributed by atoms with Gasteiger partial charge in [-0.05, 0) is 30.5 Å². The minimum Gasteiger partial charge on any atom is -0.363 e. The van der Waals surface area contributed by atoms with Gasteiger partial charge in [0, 0.05) is 6.20 Å². The first kappa shape index (κ1) is 11.6. The molecule has 1 aromatic heterocycles. The summed E-state index contributed by atoms with van der Waals surface area (Å²) in [6.45, 7) is 0. The maximum atomic E-state index is 11.9. The Morgan fingerprint density at radius 1 is 1.47 bits per heavy atom. The SMILES string of the molecule is NC1(C(=O)Nc2ccc(Cl)cn2)C=CC=CN1. The van der Waals surface area contributed by atoms with Crippen molar-refractivity contribution in [1.29, 1.82) is 0 Å². The van der Waals surface area contributed by atoms with Crippen molar-refractivity contribution < 1.29 is 4.79 Å². The zero-order valence-corrected chi connectivity index (χ0v) is 9.61. The Labute approximate surface area is 103 Å². The molecule has 88 valence electrons. The summed E-state index contributed by atoms with van der Waals surface area (Å²) in [7, 11) is 0. The lowest BCUT2D eigenvalue weighted by atomic mass is 10.1. The third-order valence-corrected chi connectivity index (χ3v) is 2.46. The maximum Gasteiger partial charge on any atom is 0.270 e. The van der Waals surface area contributed by atoms with Gasteiger partial charge in [-0.25, -0.2) is 4.98 Å². The normalized spacial score (nSPS) is 22.0. The Morgan fingerprint density at radius 3 is 2.88 bits per heavy atom. The molecule has 1 aromatic rings. The summed E-state index contributed by atoms with van der Waals surface area (Å²) < 4.78 is 0. The second kappa shape index (κ2) is 4.57. The van der Waals surface area contributed by atoms with E-state index in [0.29, 0.717) is 10.8 Å². The average molecular weight is 251 g/mol. The molecule has 0 bridgehead atoms. The van der Waals surface area contributed by atoms with Gasteiger partial charge in [-0.1, -0.05) is 17.7 Å². The quantitative estimate of drug-likeness (QED) is 0.732. The number of allylic oxidation sites excluding steroid dienone is 2. The van der Waals surface area contributed by atoms with Crippen LogP contribution in [0.15, 0.2) is 42.8 Å². The Kier molecular flexibility index (Phi) is 3.12. The van der Waals surface area contributed by atoms with Gasteiger partial charge in [0.05, 0.1) is 5.02 Å². The van der Waals surface area contributed by atoms with E-state index in [-0.39, 0.29) is 0 Å². The fourth-order valence-electron chi connectivity index (χ4n) is 1.31. The molecule has 2 heterocycles. The van der Waals surface area contributed by atoms with Gasteiger partial charge in [-0.15, -0.1) is 0 Å². The smallest absolute Gasteiger partial charge is 0.270 e. The van der Waals surface area contributed by atoms with E-state index in [1.165, 1.54) is 6.20 Å². The number of anilines is 1. The lowest BCUT2D eigenvalue weighted by molar-refractivity contribution is -0.120. The first-order valence-corrected chi connectivity index (χ1v) is 5.32. The van der Waals surface area contributed by atoms with Crippen LogP contribution in [-0.2, 0) is 4.79 Å². The molecule has 0 saturated heterocycles. The summed E-state index contributed by atoms with van der Waals surface area (Å²) in [6.07, 6.45) is 8.07. The van der Waals surface area contributed by atoms with Gasteiger partial charge in [0.2, 0.25) is 0 Å². The van der Waals surface area contributed by atoms with E-state index in [0.717, 1.165) is 0 Å². The summed E-state index contributed by atoms with van der Waals surface area (Å²) in [5.41, 5.74) is 4.61. The van der Waals surface area contributed by atoms with Crippen LogP contribution in [0, 0.1) is 0 Å². The molecular weight excluding hydrogens is 240 g/mol. The van der Waals surface area contributed by atoms with Gasteiger partial charge in [0.25, 0.3) is 5.91 Å². The van der Waals surface area contributed by atoms with Gasteiger partial charge in [0.15, 0.2) is 5.66 Å². The largest absolute Gasteiger partial charge is 0.363 e. The Balaban J connectivity index is 2.09. The summed E-state index contributed by atoms with van der Waals surface area (Å²) in [4.78, 5) is 15.9. The first-order valence-electron chi connectivity index (χ1n) is 4.94. The van der Waals surface area contributed by atoms with Gasteiger partial charge >= 0.3 is 0 Å². The molecule has 2 rings (SSSR count). The molecule has 0 saturated carbocycles. The van der Waals surface area contributed by atoms with Crippen molar-refractivity contribution in [3.05, 3.63) is 47.8 Å². The standard InChI is InChI=1S/C11H11ClN4O/c12-8-3-4-9(14-7-8)16-10(17)11(13)5-1-2-6-15-11/h1-7,15H,13H2,(H,14,16,17). The molecule has 1 unspecified atom stereocenters. The van der Waals surface area contributed by atoms with Crippen molar-refractivity contribution in [2.45, 2.75) is 5.66 Å². The topological polar surface area (TPSA) is 80.0 Å². The van der Waals surface area contributed by atoms with Gasteiger partial charge in [-0.2, -0.15) is 0 Å². The second-order valence-corrected chi connectivity index (χ2v) is 3.98. The number of pyridine rings is 1. The zero-order valence-electron chi connectivity index (χ0n) is 8.85. The highest BCUT2D eigenvalue weighted by atomic mass is 35.5. The fraction of sp³-hybridized carbons (Fsp3) is 0.0909. The molecule has 1 amide bonds. The fourth-order valence-corrected chi connectivity index (χ4v) is 1.42. The Bertz CT molecular complexity index is 483. The summed E-state index contributed by atoms with van der Waals surface area (Å²) in [5, 5.41) is 5.87. The van der Waals surface area contributed by atoms with Crippen molar-refractivity contribution in [2.75, 3.05) is 5.32 Å². The van der Waals surface area contributed by atoms with Crippen molar-refractivity contribution in [2.24, 2.45) is 5.73 Å². The van der Waals surface area contributed by atoms with Crippen LogP contribution < -0.4 is 16.4 Å². The summed E-state index contributed by atoms with van der Waals surface area (Å²) >= 11 is 5.69. The van der Waals surface area contributed by atoms with E-state index >= 15 is 0 Å². The highest BCUT2D eigenvalue weighted by Crippen LogP contribution is 2.12. The molecule has 6 heteroatoms. The lowest BCUT2D eigenvalue weighted by Crippen LogP contribution is -2.59. The van der Waals surface area contributed by atoms with Crippen LogP contribution in [0.1, 0.15) is 0 Å². The second-order valence-electron chi connectivity index (χ2n) is 3.55. The highest BCUT2D eigenvalue weighted by molar-refractivity contribution is 6.30. The number of nitrogens with one attached hydrogen (secondary N) is 2. The number of amides is 1. The maximum absolute atomic E-state index is 11.9. The summed E-state index contributed by atoms with van der Waals surface area (Å²) in [5.74, 6) is 0.00176. The van der Waals surface area contributed by atoms with Gasteiger partial charge in [-0.3, -0.25) is 10.5 Å².